The number of amides is 1. The summed E-state index contributed by atoms with van der Waals surface area (Å²) in [5.41, 5.74) is 5.19. The Bertz CT molecular complexity index is 537. The van der Waals surface area contributed by atoms with E-state index in [0.717, 1.165) is 0 Å². The number of primary amides is 1. The van der Waals surface area contributed by atoms with E-state index in [0.29, 0.717) is 0 Å². The predicted molar refractivity (Wildman–Crippen MR) is 51.1 cm³/mol. The lowest BCUT2D eigenvalue weighted by molar-refractivity contribution is 0.0996. The number of hydrogen-bond acceptors (Lipinski definition) is 5. The second kappa shape index (κ2) is 3.41. The van der Waals surface area contributed by atoms with Crippen LogP contribution in [0.5, 0.6) is 0 Å². The van der Waals surface area contributed by atoms with E-state index in [1.807, 2.05) is 0 Å². The summed E-state index contributed by atoms with van der Waals surface area (Å²) in [6.45, 7) is -0.315. The summed E-state index contributed by atoms with van der Waals surface area (Å²) in [6.07, 6.45) is 1.25. The molecule has 0 fully saturated rings. The van der Waals surface area contributed by atoms with Gasteiger partial charge in [-0.1, -0.05) is 12.6 Å². The fourth-order valence-electron chi connectivity index (χ4n) is 1.09. The highest BCUT2D eigenvalue weighted by atomic mass is 32.1. The van der Waals surface area contributed by atoms with Gasteiger partial charge >= 0.3 is 0 Å². The molecule has 0 aliphatic carbocycles. The number of aromatic nitrogens is 4. The van der Waals surface area contributed by atoms with E-state index in [2.05, 4.69) is 15.1 Å². The highest BCUT2D eigenvalue weighted by Crippen LogP contribution is 2.13. The molecular weight excluding hydrogens is 218 g/mol. The maximum Gasteiger partial charge on any atom is 0.253 e. The quantitative estimate of drug-likeness (QED) is 0.654. The number of aliphatic hydroxyl groups excluding tert-OH is 1. The molecule has 1 amide bonds. The Kier molecular flexibility index (Phi) is 2.21. The minimum absolute atomic E-state index is 0.104. The fourth-order valence-corrected chi connectivity index (χ4v) is 1.37. The molecular formula is C7H6N5O2S. The average molecular weight is 224 g/mol. The Morgan fingerprint density at radius 3 is 3.00 bits per heavy atom. The van der Waals surface area contributed by atoms with E-state index in [-0.39, 0.29) is 28.8 Å². The summed E-state index contributed by atoms with van der Waals surface area (Å²) in [5.74, 6) is -0.250. The first-order valence-corrected chi connectivity index (χ1v) is 4.36. The van der Waals surface area contributed by atoms with Crippen LogP contribution in [-0.4, -0.2) is 30.6 Å². The van der Waals surface area contributed by atoms with Crippen LogP contribution in [0.4, 0.5) is 0 Å². The summed E-state index contributed by atoms with van der Waals surface area (Å²) in [7, 11) is 0. The zero-order valence-electron chi connectivity index (χ0n) is 7.41. The SMILES string of the molecule is NC(=O)c1cnc2nc(CO)nn2c1[S]. The van der Waals surface area contributed by atoms with Crippen LogP contribution in [0.3, 0.4) is 0 Å². The molecule has 1 radical (unpaired) electrons. The highest BCUT2D eigenvalue weighted by molar-refractivity contribution is 7.80. The Morgan fingerprint density at radius 1 is 1.67 bits per heavy atom. The van der Waals surface area contributed by atoms with Gasteiger partial charge in [-0.05, 0) is 0 Å². The van der Waals surface area contributed by atoms with Crippen molar-refractivity contribution < 1.29 is 9.90 Å². The van der Waals surface area contributed by atoms with E-state index in [9.17, 15) is 4.79 Å². The molecule has 0 saturated carbocycles. The van der Waals surface area contributed by atoms with Crippen LogP contribution in [0.2, 0.25) is 0 Å². The van der Waals surface area contributed by atoms with Gasteiger partial charge in [-0.15, -0.1) is 5.10 Å². The molecule has 0 bridgehead atoms. The van der Waals surface area contributed by atoms with E-state index < -0.39 is 5.91 Å². The zero-order valence-corrected chi connectivity index (χ0v) is 8.23. The van der Waals surface area contributed by atoms with Crippen molar-refractivity contribution in [2.24, 2.45) is 5.73 Å². The van der Waals surface area contributed by atoms with Crippen molar-refractivity contribution in [2.45, 2.75) is 11.6 Å². The topological polar surface area (TPSA) is 106 Å². The Labute approximate surface area is 89.4 Å². The number of carbonyl (C=O) groups is 1. The van der Waals surface area contributed by atoms with Crippen LogP contribution in [0.15, 0.2) is 11.2 Å². The normalized spacial score (nSPS) is 10.7. The number of fused-ring (bicyclic) bond motifs is 1. The van der Waals surface area contributed by atoms with Crippen molar-refractivity contribution in [1.29, 1.82) is 0 Å². The summed E-state index contributed by atoms with van der Waals surface area (Å²) < 4.78 is 1.20. The molecule has 0 saturated heterocycles. The number of nitrogens with zero attached hydrogens (tertiary/aromatic N) is 4. The molecule has 7 nitrogen and oxygen atoms in total. The molecule has 2 rings (SSSR count). The van der Waals surface area contributed by atoms with E-state index in [1.165, 1.54) is 10.7 Å². The zero-order chi connectivity index (χ0) is 11.0. The monoisotopic (exact) mass is 224 g/mol. The second-order valence-corrected chi connectivity index (χ2v) is 3.13. The fraction of sp³-hybridized carbons (Fsp3) is 0.143. The van der Waals surface area contributed by atoms with Crippen molar-refractivity contribution in [1.82, 2.24) is 19.6 Å². The molecule has 77 valence electrons. The first-order chi connectivity index (χ1) is 7.13. The molecule has 0 spiro atoms. The van der Waals surface area contributed by atoms with E-state index >= 15 is 0 Å². The summed E-state index contributed by atoms with van der Waals surface area (Å²) in [4.78, 5) is 18.7. The lowest BCUT2D eigenvalue weighted by atomic mass is 10.3. The first-order valence-electron chi connectivity index (χ1n) is 3.96. The van der Waals surface area contributed by atoms with Crippen LogP contribution in [0.1, 0.15) is 16.2 Å². The van der Waals surface area contributed by atoms with Gasteiger partial charge in [-0.2, -0.15) is 9.50 Å². The predicted octanol–water partition coefficient (Wildman–Crippen LogP) is -0.728. The average Bonchev–Trinajstić information content (AvgIpc) is 2.61. The molecule has 3 N–H and O–H groups in total. The van der Waals surface area contributed by atoms with Gasteiger partial charge in [0.2, 0.25) is 0 Å². The molecule has 0 aromatic carbocycles. The number of hydrogen-bond donors (Lipinski definition) is 2. The number of aliphatic hydroxyl groups is 1. The highest BCUT2D eigenvalue weighted by Gasteiger charge is 2.13. The van der Waals surface area contributed by atoms with Gasteiger partial charge in [0.15, 0.2) is 5.82 Å². The summed E-state index contributed by atoms with van der Waals surface area (Å²) in [5, 5.41) is 12.8. The van der Waals surface area contributed by atoms with Crippen molar-refractivity contribution in [3.63, 3.8) is 0 Å². The molecule has 2 aromatic rings. The molecule has 0 atom stereocenters. The first kappa shape index (κ1) is 9.74. The number of carbonyl (C=O) groups excluding carboxylic acids is 1. The van der Waals surface area contributed by atoms with E-state index in [4.69, 9.17) is 23.5 Å². The van der Waals surface area contributed by atoms with Gasteiger partial charge in [0, 0.05) is 6.20 Å². The van der Waals surface area contributed by atoms with Crippen LogP contribution < -0.4 is 5.73 Å². The second-order valence-electron chi connectivity index (χ2n) is 2.74. The van der Waals surface area contributed by atoms with E-state index in [1.54, 1.807) is 0 Å². The maximum absolute atomic E-state index is 10.9. The van der Waals surface area contributed by atoms with Gasteiger partial charge in [0.1, 0.15) is 11.6 Å². The van der Waals surface area contributed by atoms with Crippen molar-refractivity contribution >= 4 is 24.3 Å². The smallest absolute Gasteiger partial charge is 0.253 e. The van der Waals surface area contributed by atoms with Gasteiger partial charge in [0.05, 0.1) is 5.56 Å². The van der Waals surface area contributed by atoms with Crippen LogP contribution in [0.25, 0.3) is 5.78 Å². The van der Waals surface area contributed by atoms with Crippen molar-refractivity contribution in [3.05, 3.63) is 17.6 Å². The molecule has 15 heavy (non-hydrogen) atoms. The van der Waals surface area contributed by atoms with Crippen LogP contribution in [-0.2, 0) is 6.61 Å². The third-order valence-electron chi connectivity index (χ3n) is 1.77. The largest absolute Gasteiger partial charge is 0.388 e. The molecule has 2 heterocycles. The molecule has 2 aromatic heterocycles. The third kappa shape index (κ3) is 1.49. The lowest BCUT2D eigenvalue weighted by Gasteiger charge is -1.99. The minimum Gasteiger partial charge on any atom is -0.388 e. The van der Waals surface area contributed by atoms with Gasteiger partial charge < -0.3 is 10.8 Å². The standard InChI is InChI=1S/C7H6N5O2S/c8-5(14)3-1-9-7-10-4(2-13)11-12(7)6(3)15/h1,13H,2H2,(H2,8,14). The Morgan fingerprint density at radius 2 is 2.40 bits per heavy atom. The molecule has 0 aliphatic heterocycles. The van der Waals surface area contributed by atoms with Gasteiger partial charge in [-0.25, -0.2) is 4.98 Å². The summed E-state index contributed by atoms with van der Waals surface area (Å²) >= 11 is 4.97. The Balaban J connectivity index is 2.72. The van der Waals surface area contributed by atoms with Gasteiger partial charge in [-0.3, -0.25) is 4.79 Å². The number of rotatable bonds is 2. The third-order valence-corrected chi connectivity index (χ3v) is 2.17. The van der Waals surface area contributed by atoms with Crippen molar-refractivity contribution in [2.75, 3.05) is 0 Å². The number of nitrogens with two attached hydrogens (primary N) is 1. The molecule has 0 aliphatic rings. The van der Waals surface area contributed by atoms with Crippen molar-refractivity contribution in [3.8, 4) is 0 Å². The summed E-state index contributed by atoms with van der Waals surface area (Å²) in [6, 6.07) is 0. The maximum atomic E-state index is 10.9. The molecule has 8 heteroatoms. The Hall–Kier alpha value is -1.80. The van der Waals surface area contributed by atoms with Gasteiger partial charge in [0.25, 0.3) is 11.7 Å². The minimum atomic E-state index is -0.671. The van der Waals surface area contributed by atoms with Crippen LogP contribution >= 0.6 is 12.6 Å². The molecule has 0 unspecified atom stereocenters. The van der Waals surface area contributed by atoms with Crippen LogP contribution in [0, 0.1) is 0 Å². The lowest BCUT2D eigenvalue weighted by Crippen LogP contribution is -2.14.